The Bertz CT molecular complexity index is 884. The summed E-state index contributed by atoms with van der Waals surface area (Å²) >= 11 is 0. The molecule has 1 aliphatic rings. The summed E-state index contributed by atoms with van der Waals surface area (Å²) in [4.78, 5) is 15.7. The monoisotopic (exact) mass is 362 g/mol. The second-order valence-electron chi connectivity index (χ2n) is 6.49. The molecule has 0 bridgehead atoms. The fraction of sp³-hybridized carbons (Fsp3) is 0.286. The van der Waals surface area contributed by atoms with E-state index < -0.39 is 0 Å². The van der Waals surface area contributed by atoms with Crippen LogP contribution in [0.25, 0.3) is 11.5 Å². The van der Waals surface area contributed by atoms with E-state index in [2.05, 4.69) is 25.9 Å². The first-order valence-corrected chi connectivity index (χ1v) is 9.07. The van der Waals surface area contributed by atoms with Crippen LogP contribution in [-0.2, 0) is 13.1 Å². The summed E-state index contributed by atoms with van der Waals surface area (Å²) in [7, 11) is 1.68. The Morgan fingerprint density at radius 2 is 1.96 bits per heavy atom. The molecule has 0 radical (unpaired) electrons. The van der Waals surface area contributed by atoms with E-state index in [-0.39, 0.29) is 0 Å². The number of hydrogen-bond donors (Lipinski definition) is 0. The molecule has 138 valence electrons. The number of ether oxygens (including phenoxy) is 2. The Balaban J connectivity index is 1.50. The van der Waals surface area contributed by atoms with Crippen molar-refractivity contribution in [1.82, 2.24) is 19.9 Å². The van der Waals surface area contributed by atoms with E-state index in [0.29, 0.717) is 12.4 Å². The van der Waals surface area contributed by atoms with Gasteiger partial charge >= 0.3 is 0 Å². The molecule has 4 rings (SSSR count). The standard InChI is InChI=1S/C21H22N4O2/c1-26-19-8-4-6-17-15-25(10-5-11-27-20(17)19)14-16-12-23-21(24-13-16)18-7-2-3-9-22-18/h2-4,6-9,12-13H,5,10-11,14-15H2,1H3. The molecule has 0 atom stereocenters. The highest BCUT2D eigenvalue weighted by Crippen LogP contribution is 2.33. The Hall–Kier alpha value is -2.99. The van der Waals surface area contributed by atoms with Gasteiger partial charge in [-0.05, 0) is 24.6 Å². The minimum absolute atomic E-state index is 0.649. The quantitative estimate of drug-likeness (QED) is 0.709. The van der Waals surface area contributed by atoms with E-state index >= 15 is 0 Å². The van der Waals surface area contributed by atoms with E-state index in [1.165, 1.54) is 0 Å². The molecule has 0 spiro atoms. The van der Waals surface area contributed by atoms with Crippen molar-refractivity contribution in [2.45, 2.75) is 19.5 Å². The lowest BCUT2D eigenvalue weighted by Gasteiger charge is -2.27. The Morgan fingerprint density at radius 1 is 1.07 bits per heavy atom. The summed E-state index contributed by atoms with van der Waals surface area (Å²) in [5.74, 6) is 2.29. The van der Waals surface area contributed by atoms with Crippen LogP contribution in [0.5, 0.6) is 11.5 Å². The van der Waals surface area contributed by atoms with E-state index in [1.54, 1.807) is 13.3 Å². The molecular weight excluding hydrogens is 340 g/mol. The fourth-order valence-corrected chi connectivity index (χ4v) is 3.25. The number of hydrogen-bond acceptors (Lipinski definition) is 6. The van der Waals surface area contributed by atoms with Gasteiger partial charge in [0.15, 0.2) is 17.3 Å². The van der Waals surface area contributed by atoms with Gasteiger partial charge in [0.05, 0.1) is 13.7 Å². The van der Waals surface area contributed by atoms with Gasteiger partial charge in [-0.15, -0.1) is 0 Å². The van der Waals surface area contributed by atoms with Gasteiger partial charge in [-0.2, -0.15) is 0 Å². The number of aromatic nitrogens is 3. The van der Waals surface area contributed by atoms with Gasteiger partial charge in [0.25, 0.3) is 0 Å². The molecule has 0 aliphatic carbocycles. The van der Waals surface area contributed by atoms with Gasteiger partial charge < -0.3 is 9.47 Å². The molecule has 3 heterocycles. The maximum Gasteiger partial charge on any atom is 0.178 e. The topological polar surface area (TPSA) is 60.4 Å². The predicted molar refractivity (Wildman–Crippen MR) is 102 cm³/mol. The maximum absolute atomic E-state index is 5.93. The third-order valence-electron chi connectivity index (χ3n) is 4.54. The normalized spacial score (nSPS) is 14.6. The van der Waals surface area contributed by atoms with Crippen molar-refractivity contribution >= 4 is 0 Å². The largest absolute Gasteiger partial charge is 0.493 e. The predicted octanol–water partition coefficient (Wildman–Crippen LogP) is 3.33. The number of para-hydroxylation sites is 1. The van der Waals surface area contributed by atoms with E-state index in [0.717, 1.165) is 54.4 Å². The Labute approximate surface area is 158 Å². The zero-order valence-electron chi connectivity index (χ0n) is 15.3. The highest BCUT2D eigenvalue weighted by Gasteiger charge is 2.17. The summed E-state index contributed by atoms with van der Waals surface area (Å²) in [5.41, 5.74) is 3.01. The number of fused-ring (bicyclic) bond motifs is 1. The second-order valence-corrected chi connectivity index (χ2v) is 6.49. The van der Waals surface area contributed by atoms with Gasteiger partial charge in [-0.3, -0.25) is 9.88 Å². The van der Waals surface area contributed by atoms with Crippen molar-refractivity contribution < 1.29 is 9.47 Å². The average Bonchev–Trinajstić information content (AvgIpc) is 2.71. The second kappa shape index (κ2) is 8.14. The van der Waals surface area contributed by atoms with Crippen molar-refractivity contribution in [3.63, 3.8) is 0 Å². The average molecular weight is 362 g/mol. The van der Waals surface area contributed by atoms with Crippen LogP contribution in [0.3, 0.4) is 0 Å². The van der Waals surface area contributed by atoms with Crippen molar-refractivity contribution in [1.29, 1.82) is 0 Å². The number of rotatable bonds is 4. The lowest BCUT2D eigenvalue weighted by atomic mass is 10.1. The molecule has 0 fully saturated rings. The minimum atomic E-state index is 0.649. The summed E-state index contributed by atoms with van der Waals surface area (Å²) < 4.78 is 11.4. The highest BCUT2D eigenvalue weighted by atomic mass is 16.5. The molecule has 0 N–H and O–H groups in total. The Morgan fingerprint density at radius 3 is 2.74 bits per heavy atom. The fourth-order valence-electron chi connectivity index (χ4n) is 3.25. The van der Waals surface area contributed by atoms with Crippen molar-refractivity contribution in [2.75, 3.05) is 20.3 Å². The van der Waals surface area contributed by atoms with Gasteiger partial charge in [0.1, 0.15) is 5.69 Å². The molecular formula is C21H22N4O2. The van der Waals surface area contributed by atoms with Gasteiger partial charge in [0.2, 0.25) is 0 Å². The molecule has 6 heteroatoms. The lowest BCUT2D eigenvalue weighted by Crippen LogP contribution is -2.27. The van der Waals surface area contributed by atoms with Crippen molar-refractivity contribution in [3.05, 3.63) is 66.1 Å². The molecule has 27 heavy (non-hydrogen) atoms. The van der Waals surface area contributed by atoms with Crippen LogP contribution in [0.15, 0.2) is 55.0 Å². The van der Waals surface area contributed by atoms with Crippen LogP contribution in [0, 0.1) is 0 Å². The number of nitrogens with zero attached hydrogens (tertiary/aromatic N) is 4. The van der Waals surface area contributed by atoms with Crippen LogP contribution >= 0.6 is 0 Å². The van der Waals surface area contributed by atoms with Crippen LogP contribution in [-0.4, -0.2) is 40.1 Å². The minimum Gasteiger partial charge on any atom is -0.493 e. The SMILES string of the molecule is COc1cccc2c1OCCCN(Cc1cnc(-c3ccccn3)nc1)C2. The molecule has 1 aliphatic heterocycles. The first-order valence-electron chi connectivity index (χ1n) is 9.07. The van der Waals surface area contributed by atoms with Crippen LogP contribution in [0.1, 0.15) is 17.5 Å². The van der Waals surface area contributed by atoms with Gasteiger partial charge in [0, 0.05) is 49.4 Å². The molecule has 0 amide bonds. The van der Waals surface area contributed by atoms with E-state index in [9.17, 15) is 0 Å². The van der Waals surface area contributed by atoms with Gasteiger partial charge in [-0.1, -0.05) is 18.2 Å². The third kappa shape index (κ3) is 4.06. The number of benzene rings is 1. The first-order chi connectivity index (χ1) is 13.3. The Kier molecular flexibility index (Phi) is 5.25. The summed E-state index contributed by atoms with van der Waals surface area (Å²) in [6.45, 7) is 3.23. The first kappa shape index (κ1) is 17.4. The number of pyridine rings is 1. The number of methoxy groups -OCH3 is 1. The maximum atomic E-state index is 5.93. The highest BCUT2D eigenvalue weighted by molar-refractivity contribution is 5.48. The van der Waals surface area contributed by atoms with E-state index in [1.807, 2.05) is 42.7 Å². The summed E-state index contributed by atoms with van der Waals surface area (Å²) in [5, 5.41) is 0. The van der Waals surface area contributed by atoms with E-state index in [4.69, 9.17) is 9.47 Å². The summed E-state index contributed by atoms with van der Waals surface area (Å²) in [6.07, 6.45) is 6.49. The van der Waals surface area contributed by atoms with Crippen molar-refractivity contribution in [3.8, 4) is 23.0 Å². The molecule has 0 saturated carbocycles. The molecule has 2 aromatic heterocycles. The molecule has 0 unspecified atom stereocenters. The zero-order chi connectivity index (χ0) is 18.5. The summed E-state index contributed by atoms with van der Waals surface area (Å²) in [6, 6.07) is 11.8. The zero-order valence-corrected chi connectivity index (χ0v) is 15.3. The smallest absolute Gasteiger partial charge is 0.178 e. The molecule has 0 saturated heterocycles. The lowest BCUT2D eigenvalue weighted by molar-refractivity contribution is 0.195. The van der Waals surface area contributed by atoms with Crippen molar-refractivity contribution in [2.24, 2.45) is 0 Å². The molecule has 1 aromatic carbocycles. The third-order valence-corrected chi connectivity index (χ3v) is 4.54. The van der Waals surface area contributed by atoms with Crippen LogP contribution < -0.4 is 9.47 Å². The van der Waals surface area contributed by atoms with Crippen LogP contribution in [0.2, 0.25) is 0 Å². The van der Waals surface area contributed by atoms with Crippen LogP contribution in [0.4, 0.5) is 0 Å². The molecule has 3 aromatic rings. The van der Waals surface area contributed by atoms with Gasteiger partial charge in [-0.25, -0.2) is 9.97 Å². The molecule has 6 nitrogen and oxygen atoms in total.